The van der Waals surface area contributed by atoms with Gasteiger partial charge in [0, 0.05) is 53.6 Å². The molecule has 0 atom stereocenters. The first-order valence-corrected chi connectivity index (χ1v) is 12.8. The number of ether oxygens (including phenoxy) is 1. The highest BCUT2D eigenvalue weighted by Gasteiger charge is 2.28. The van der Waals surface area contributed by atoms with E-state index in [0.29, 0.717) is 61.4 Å². The Morgan fingerprint density at radius 2 is 1.73 bits per heavy atom. The highest BCUT2D eigenvalue weighted by Crippen LogP contribution is 2.31. The first-order valence-electron chi connectivity index (χ1n) is 12.4. The maximum absolute atomic E-state index is 13.2. The van der Waals surface area contributed by atoms with Gasteiger partial charge < -0.3 is 25.2 Å². The second kappa shape index (κ2) is 11.1. The van der Waals surface area contributed by atoms with Crippen LogP contribution in [0.2, 0.25) is 5.02 Å². The van der Waals surface area contributed by atoms with Gasteiger partial charge in [-0.2, -0.15) is 0 Å². The smallest absolute Gasteiger partial charge is 0.319 e. The lowest BCUT2D eigenvalue weighted by molar-refractivity contribution is 0.0731. The minimum Gasteiger partial charge on any atom is -0.378 e. The molecule has 9 nitrogen and oxygen atoms in total. The van der Waals surface area contributed by atoms with Crippen molar-refractivity contribution < 1.29 is 14.3 Å². The van der Waals surface area contributed by atoms with Crippen LogP contribution in [0.1, 0.15) is 28.5 Å². The van der Waals surface area contributed by atoms with Gasteiger partial charge >= 0.3 is 6.03 Å². The summed E-state index contributed by atoms with van der Waals surface area (Å²) >= 11 is 6.01. The molecule has 3 amide bonds. The van der Waals surface area contributed by atoms with Gasteiger partial charge in [-0.15, -0.1) is 0 Å². The number of rotatable bonds is 5. The SMILES string of the molecule is CCNC(=O)Nc1ccc(-c2nc3c(c(N4CCOCC4)n2)CCN(C(=O)c2ccc(Cl)cc2)C3)cc1. The molecule has 2 aromatic carbocycles. The molecule has 37 heavy (non-hydrogen) atoms. The Bertz CT molecular complexity index is 1280. The van der Waals surface area contributed by atoms with E-state index < -0.39 is 0 Å². The van der Waals surface area contributed by atoms with Gasteiger partial charge in [-0.25, -0.2) is 14.8 Å². The molecule has 3 heterocycles. The Hall–Kier alpha value is -3.69. The molecule has 0 bridgehead atoms. The lowest BCUT2D eigenvalue weighted by atomic mass is 10.0. The minimum absolute atomic E-state index is 0.0452. The fourth-order valence-electron chi connectivity index (χ4n) is 4.56. The molecule has 5 rings (SSSR count). The second-order valence-corrected chi connectivity index (χ2v) is 9.38. The molecule has 2 aliphatic heterocycles. The number of aromatic nitrogens is 2. The van der Waals surface area contributed by atoms with Crippen LogP contribution in [0.4, 0.5) is 16.3 Å². The maximum Gasteiger partial charge on any atom is 0.319 e. The van der Waals surface area contributed by atoms with Gasteiger partial charge in [0.1, 0.15) is 5.82 Å². The fraction of sp³-hybridized carbons (Fsp3) is 0.333. The van der Waals surface area contributed by atoms with Crippen LogP contribution in [-0.4, -0.2) is 66.2 Å². The zero-order valence-corrected chi connectivity index (χ0v) is 21.4. The summed E-state index contributed by atoms with van der Waals surface area (Å²) in [6, 6.07) is 14.2. The summed E-state index contributed by atoms with van der Waals surface area (Å²) in [6.45, 7) is 6.22. The summed E-state index contributed by atoms with van der Waals surface area (Å²) in [4.78, 5) is 39.0. The number of carbonyl (C=O) groups is 2. The zero-order valence-electron chi connectivity index (χ0n) is 20.7. The van der Waals surface area contributed by atoms with E-state index >= 15 is 0 Å². The fourth-order valence-corrected chi connectivity index (χ4v) is 4.69. The van der Waals surface area contributed by atoms with Crippen molar-refractivity contribution in [2.45, 2.75) is 19.9 Å². The predicted octanol–water partition coefficient (Wildman–Crippen LogP) is 3.97. The summed E-state index contributed by atoms with van der Waals surface area (Å²) in [6.07, 6.45) is 0.678. The third-order valence-corrected chi connectivity index (χ3v) is 6.72. The van der Waals surface area contributed by atoms with Gasteiger partial charge in [-0.1, -0.05) is 11.6 Å². The Morgan fingerprint density at radius 3 is 2.43 bits per heavy atom. The Balaban J connectivity index is 1.45. The van der Waals surface area contributed by atoms with Crippen molar-refractivity contribution in [2.24, 2.45) is 0 Å². The van der Waals surface area contributed by atoms with Crippen LogP contribution in [0.5, 0.6) is 0 Å². The van der Waals surface area contributed by atoms with E-state index in [1.54, 1.807) is 24.3 Å². The van der Waals surface area contributed by atoms with E-state index in [0.717, 1.165) is 35.7 Å². The number of halogens is 1. The normalized spacial score (nSPS) is 15.2. The largest absolute Gasteiger partial charge is 0.378 e. The topological polar surface area (TPSA) is 99.7 Å². The Morgan fingerprint density at radius 1 is 1.00 bits per heavy atom. The van der Waals surface area contributed by atoms with Gasteiger partial charge in [-0.3, -0.25) is 4.79 Å². The molecule has 0 radical (unpaired) electrons. The number of nitrogens with zero attached hydrogens (tertiary/aromatic N) is 4. The van der Waals surface area contributed by atoms with Crippen molar-refractivity contribution in [1.29, 1.82) is 0 Å². The van der Waals surface area contributed by atoms with Crippen LogP contribution < -0.4 is 15.5 Å². The lowest BCUT2D eigenvalue weighted by Crippen LogP contribution is -2.40. The summed E-state index contributed by atoms with van der Waals surface area (Å²) in [7, 11) is 0. The molecule has 10 heteroatoms. The zero-order chi connectivity index (χ0) is 25.8. The van der Waals surface area contributed by atoms with Crippen molar-refractivity contribution in [3.63, 3.8) is 0 Å². The van der Waals surface area contributed by atoms with Crippen molar-refractivity contribution >= 4 is 35.0 Å². The number of amides is 3. The maximum atomic E-state index is 13.2. The minimum atomic E-state index is -0.250. The number of morpholine rings is 1. The van der Waals surface area contributed by atoms with Crippen molar-refractivity contribution in [1.82, 2.24) is 20.2 Å². The molecule has 192 valence electrons. The molecule has 0 spiro atoms. The van der Waals surface area contributed by atoms with Crippen LogP contribution in [0.25, 0.3) is 11.4 Å². The van der Waals surface area contributed by atoms with Crippen LogP contribution >= 0.6 is 11.6 Å². The number of hydrogen-bond donors (Lipinski definition) is 2. The van der Waals surface area contributed by atoms with E-state index in [-0.39, 0.29) is 11.9 Å². The number of anilines is 2. The average molecular weight is 521 g/mol. The first-order chi connectivity index (χ1) is 18.0. The van der Waals surface area contributed by atoms with E-state index in [1.807, 2.05) is 36.1 Å². The predicted molar refractivity (Wildman–Crippen MR) is 143 cm³/mol. The van der Waals surface area contributed by atoms with Gasteiger partial charge in [0.05, 0.1) is 25.5 Å². The average Bonchev–Trinajstić information content (AvgIpc) is 2.93. The van der Waals surface area contributed by atoms with Crippen molar-refractivity contribution in [3.05, 3.63) is 70.4 Å². The van der Waals surface area contributed by atoms with Crippen molar-refractivity contribution in [3.8, 4) is 11.4 Å². The molecule has 0 unspecified atom stereocenters. The van der Waals surface area contributed by atoms with Gasteiger partial charge in [0.25, 0.3) is 5.91 Å². The molecule has 1 saturated heterocycles. The van der Waals surface area contributed by atoms with E-state index in [2.05, 4.69) is 15.5 Å². The third-order valence-electron chi connectivity index (χ3n) is 6.47. The molecule has 1 fully saturated rings. The summed E-state index contributed by atoms with van der Waals surface area (Å²) in [5.74, 6) is 1.45. The second-order valence-electron chi connectivity index (χ2n) is 8.94. The highest BCUT2D eigenvalue weighted by atomic mass is 35.5. The number of nitrogens with one attached hydrogen (secondary N) is 2. The van der Waals surface area contributed by atoms with E-state index in [9.17, 15) is 9.59 Å². The van der Waals surface area contributed by atoms with E-state index in [4.69, 9.17) is 26.3 Å². The molecule has 0 saturated carbocycles. The number of carbonyl (C=O) groups excluding carboxylic acids is 2. The number of benzene rings is 2. The Labute approximate surface area is 220 Å². The third kappa shape index (κ3) is 5.68. The lowest BCUT2D eigenvalue weighted by Gasteiger charge is -2.34. The molecule has 1 aromatic heterocycles. The summed E-state index contributed by atoms with van der Waals surface area (Å²) in [5, 5.41) is 6.12. The van der Waals surface area contributed by atoms with Crippen LogP contribution in [-0.2, 0) is 17.7 Å². The Kier molecular flexibility index (Phi) is 7.52. The van der Waals surface area contributed by atoms with Crippen LogP contribution in [0, 0.1) is 0 Å². The monoisotopic (exact) mass is 520 g/mol. The number of fused-ring (bicyclic) bond motifs is 1. The highest BCUT2D eigenvalue weighted by molar-refractivity contribution is 6.30. The molecular weight excluding hydrogens is 492 g/mol. The van der Waals surface area contributed by atoms with Gasteiger partial charge in [0.2, 0.25) is 0 Å². The number of urea groups is 1. The first kappa shape index (κ1) is 25.0. The quantitative estimate of drug-likeness (QED) is 0.528. The van der Waals surface area contributed by atoms with Crippen molar-refractivity contribution in [2.75, 3.05) is 49.6 Å². The number of hydrogen-bond acceptors (Lipinski definition) is 6. The molecule has 2 N–H and O–H groups in total. The van der Waals surface area contributed by atoms with Crippen LogP contribution in [0.15, 0.2) is 48.5 Å². The van der Waals surface area contributed by atoms with Crippen LogP contribution in [0.3, 0.4) is 0 Å². The van der Waals surface area contributed by atoms with Gasteiger partial charge in [0.15, 0.2) is 5.82 Å². The molecule has 3 aromatic rings. The molecule has 2 aliphatic rings. The summed E-state index contributed by atoms with van der Waals surface area (Å²) in [5.41, 5.74) is 4.05. The molecular formula is C27H29ClN6O3. The van der Waals surface area contributed by atoms with E-state index in [1.165, 1.54) is 0 Å². The molecule has 0 aliphatic carbocycles. The van der Waals surface area contributed by atoms with Gasteiger partial charge in [-0.05, 0) is 61.9 Å². The summed E-state index contributed by atoms with van der Waals surface area (Å²) < 4.78 is 5.56. The standard InChI is InChI=1S/C27H29ClN6O3/c1-2-29-27(36)30-21-9-5-18(6-10-21)24-31-23-17-34(26(35)19-3-7-20(28)8-4-19)12-11-22(23)25(32-24)33-13-15-37-16-14-33/h3-10H,2,11-17H2,1H3,(H2,29,30,36).